The normalized spacial score (nSPS) is 5.76. The van der Waals surface area contributed by atoms with Crippen LogP contribution in [0.25, 0.3) is 0 Å². The van der Waals surface area contributed by atoms with E-state index in [4.69, 9.17) is 0 Å². The minimum absolute atomic E-state index is 0. The summed E-state index contributed by atoms with van der Waals surface area (Å²) < 4.78 is 0. The maximum atomic E-state index is 3.60. The van der Waals surface area contributed by atoms with Crippen LogP contribution >= 0.6 is 0 Å². The maximum absolute atomic E-state index is 3.60. The number of hydrogen-bond donors (Lipinski definition) is 0. The van der Waals surface area contributed by atoms with Crippen LogP contribution < -0.4 is 0 Å². The molecule has 2 nitrogen and oxygen atoms in total. The molecule has 0 aliphatic carbocycles. The zero-order valence-electron chi connectivity index (χ0n) is 19.0. The van der Waals surface area contributed by atoms with Crippen molar-refractivity contribution < 1.29 is 54.4 Å². The molecule has 0 heterocycles. The molecule has 0 radical (unpaired) electrons. The Bertz CT molecular complexity index is 56.7. The molecule has 0 aromatic carbocycles. The fourth-order valence-electron chi connectivity index (χ4n) is 0. The number of unbranched alkanes of at least 4 members (excludes halogenated alkanes) is 3. The van der Waals surface area contributed by atoms with E-state index in [1.54, 1.807) is 0 Å². The van der Waals surface area contributed by atoms with Gasteiger partial charge < -0.3 is 51.0 Å². The second-order valence-corrected chi connectivity index (χ2v) is 4.29. The summed E-state index contributed by atoms with van der Waals surface area (Å²) in [7, 11) is 0. The summed E-state index contributed by atoms with van der Waals surface area (Å²) in [6.07, 6.45) is 12.8. The average molecular weight is 430 g/mol. The summed E-state index contributed by atoms with van der Waals surface area (Å²) >= 11 is 0. The van der Waals surface area contributed by atoms with Crippen molar-refractivity contribution in [1.82, 2.24) is 0 Å². The molecule has 0 saturated heterocycles. The van der Waals surface area contributed by atoms with Gasteiger partial charge in [0.2, 0.25) is 0 Å². The molecule has 4 heteroatoms. The molecule has 0 atom stereocenters. The molecule has 0 aromatic heterocycles. The predicted molar refractivity (Wildman–Crippen MR) is 112 cm³/mol. The van der Waals surface area contributed by atoms with Crippen LogP contribution in [0.3, 0.4) is 0 Å². The fraction of sp³-hybridized carbons (Fsp3) is 0.714. The molecule has 25 heavy (non-hydrogen) atoms. The Kier molecular flexibility index (Phi) is 356. The summed E-state index contributed by atoms with van der Waals surface area (Å²) in [5, 5.41) is 0. The molecule has 0 saturated carbocycles. The fourth-order valence-corrected chi connectivity index (χ4v) is 0. The largest absolute Gasteiger partial charge is 4.00 e. The van der Waals surface area contributed by atoms with E-state index in [2.05, 4.69) is 41.5 Å². The molecule has 0 aromatic rings. The summed E-state index contributed by atoms with van der Waals surface area (Å²) in [6.45, 7) is 29.2. The molecule has 154 valence electrons. The number of rotatable bonds is 3. The first-order chi connectivity index (χ1) is 9.99. The Morgan fingerprint density at radius 1 is 0.480 bits per heavy atom. The van der Waals surface area contributed by atoms with Crippen LogP contribution in [-0.2, 0) is 43.4 Å². The van der Waals surface area contributed by atoms with E-state index in [0.717, 1.165) is 19.3 Å². The van der Waals surface area contributed by atoms with Gasteiger partial charge in [0.15, 0.2) is 0 Å². The van der Waals surface area contributed by atoms with Crippen LogP contribution in [0.2, 0.25) is 0 Å². The van der Waals surface area contributed by atoms with Gasteiger partial charge in [0, 0.05) is 0 Å². The van der Waals surface area contributed by atoms with Gasteiger partial charge >= 0.3 is 43.4 Å². The SMILES string of the molecule is C[CH-]C.C[CH-]C.C[CH-]C.[CH2-]CCC.[CH2-]CCC.[CH2-]CCC.[OH-].[OH-].[Ti+4].[Ti+4]. The van der Waals surface area contributed by atoms with Gasteiger partial charge in [-0.3, -0.25) is 0 Å². The smallest absolute Gasteiger partial charge is 0.870 e. The minimum atomic E-state index is 0. The van der Waals surface area contributed by atoms with E-state index in [9.17, 15) is 0 Å². The van der Waals surface area contributed by atoms with Crippen molar-refractivity contribution in [3.05, 3.63) is 40.0 Å². The molecule has 0 aliphatic rings. The van der Waals surface area contributed by atoms with Crippen molar-refractivity contribution >= 4 is 0 Å². The second-order valence-electron chi connectivity index (χ2n) is 4.29. The second kappa shape index (κ2) is 140. The molecule has 0 bridgehead atoms. The Morgan fingerprint density at radius 3 is 0.520 bits per heavy atom. The average Bonchev–Trinajstić information content (AvgIpc) is 2.50. The van der Waals surface area contributed by atoms with Gasteiger partial charge in [-0.15, -0.1) is 0 Å². The van der Waals surface area contributed by atoms with Crippen molar-refractivity contribution in [2.75, 3.05) is 0 Å². The van der Waals surface area contributed by atoms with Gasteiger partial charge in [-0.2, -0.15) is 60.8 Å². The van der Waals surface area contributed by atoms with Crippen molar-refractivity contribution in [2.24, 2.45) is 0 Å². The van der Waals surface area contributed by atoms with Gasteiger partial charge in [0.05, 0.1) is 0 Å². The Labute approximate surface area is 194 Å². The van der Waals surface area contributed by atoms with Crippen LogP contribution in [-0.4, -0.2) is 11.0 Å². The van der Waals surface area contributed by atoms with Gasteiger partial charge in [0.1, 0.15) is 0 Å². The van der Waals surface area contributed by atoms with Crippen LogP contribution in [0.5, 0.6) is 0 Å². The molecule has 0 fully saturated rings. The summed E-state index contributed by atoms with van der Waals surface area (Å²) in [5.41, 5.74) is 0. The first-order valence-corrected chi connectivity index (χ1v) is 8.59. The Morgan fingerprint density at radius 2 is 0.520 bits per heavy atom. The van der Waals surface area contributed by atoms with E-state index in [0.29, 0.717) is 0 Å². The molecular formula is C21H50O2Ti2. The third-order valence-corrected chi connectivity index (χ3v) is 1.06. The van der Waals surface area contributed by atoms with Crippen LogP contribution in [0, 0.1) is 40.0 Å². The monoisotopic (exact) mass is 430 g/mol. The van der Waals surface area contributed by atoms with Gasteiger partial charge in [-0.25, -0.2) is 0 Å². The van der Waals surface area contributed by atoms with Crippen LogP contribution in [0.1, 0.15) is 101 Å². The molecule has 0 unspecified atom stereocenters. The van der Waals surface area contributed by atoms with E-state index < -0.39 is 0 Å². The van der Waals surface area contributed by atoms with Crippen LogP contribution in [0.4, 0.5) is 0 Å². The third kappa shape index (κ3) is 731. The zero-order valence-corrected chi connectivity index (χ0v) is 22.1. The third-order valence-electron chi connectivity index (χ3n) is 1.06. The van der Waals surface area contributed by atoms with Gasteiger partial charge in [0.25, 0.3) is 0 Å². The quantitative estimate of drug-likeness (QED) is 0.335. The first-order valence-electron chi connectivity index (χ1n) is 8.59. The van der Waals surface area contributed by atoms with E-state index in [1.165, 1.54) is 19.3 Å². The summed E-state index contributed by atoms with van der Waals surface area (Å²) in [5.74, 6) is 0. The predicted octanol–water partition coefficient (Wildman–Crippen LogP) is 8.19. The molecule has 0 amide bonds. The van der Waals surface area contributed by atoms with Crippen LogP contribution in [0.15, 0.2) is 0 Å². The Balaban J connectivity index is -0.0000000131. The first kappa shape index (κ1) is 63.3. The van der Waals surface area contributed by atoms with E-state index >= 15 is 0 Å². The van der Waals surface area contributed by atoms with Gasteiger partial charge in [-0.1, -0.05) is 40.0 Å². The Hall–Kier alpha value is 1.35. The van der Waals surface area contributed by atoms with Crippen molar-refractivity contribution in [3.63, 3.8) is 0 Å². The van der Waals surface area contributed by atoms with Crippen molar-refractivity contribution in [2.45, 2.75) is 101 Å². The van der Waals surface area contributed by atoms with E-state index in [-0.39, 0.29) is 54.4 Å². The molecule has 2 N–H and O–H groups in total. The summed E-state index contributed by atoms with van der Waals surface area (Å²) in [4.78, 5) is 0. The molecule has 0 aliphatic heterocycles. The van der Waals surface area contributed by atoms with Crippen molar-refractivity contribution in [3.8, 4) is 0 Å². The zero-order chi connectivity index (χ0) is 18.4. The number of hydrogen-bond acceptors (Lipinski definition) is 2. The topological polar surface area (TPSA) is 60.0 Å². The molecule has 0 rings (SSSR count). The standard InChI is InChI=1S/3C4H9.3C3H7.2H2O.2Ti/c3*1-3-4-2;3*1-3-2;;;;/h3*1,3-4H2,2H3;3*3H,1-2H3;2*1H2;;/q6*-1;;;2*+4/p-2. The van der Waals surface area contributed by atoms with Crippen molar-refractivity contribution in [1.29, 1.82) is 0 Å². The van der Waals surface area contributed by atoms with E-state index in [1.807, 2.05) is 60.8 Å². The molecular weight excluding hydrogens is 380 g/mol. The maximum Gasteiger partial charge on any atom is 4.00 e. The summed E-state index contributed by atoms with van der Waals surface area (Å²) in [6, 6.07) is 0. The van der Waals surface area contributed by atoms with Gasteiger partial charge in [-0.05, 0) is 0 Å². The minimum Gasteiger partial charge on any atom is -0.870 e. The molecule has 0 spiro atoms.